The van der Waals surface area contributed by atoms with Gasteiger partial charge in [0.1, 0.15) is 0 Å². The van der Waals surface area contributed by atoms with Crippen LogP contribution in [0.1, 0.15) is 58.8 Å². The first kappa shape index (κ1) is 15.2. The van der Waals surface area contributed by atoms with Gasteiger partial charge in [-0.15, -0.1) is 0 Å². The maximum atomic E-state index is 12.2. The zero-order valence-electron chi connectivity index (χ0n) is 14.3. The number of hydrogen-bond donors (Lipinski definition) is 0. The molecular weight excluding hydrogens is 282 g/mol. The summed E-state index contributed by atoms with van der Waals surface area (Å²) in [6, 6.07) is 2.61. The van der Waals surface area contributed by atoms with E-state index in [4.69, 9.17) is 0 Å². The Morgan fingerprint density at radius 3 is 2.83 bits per heavy atom. The first-order chi connectivity index (χ1) is 11.1. The summed E-state index contributed by atoms with van der Waals surface area (Å²) in [5.41, 5.74) is 2.71. The first-order valence-electron chi connectivity index (χ1n) is 9.38. The third-order valence-corrected chi connectivity index (χ3v) is 7.83. The highest BCUT2D eigenvalue weighted by molar-refractivity contribution is 6.05. The van der Waals surface area contributed by atoms with Gasteiger partial charge in [0.25, 0.3) is 0 Å². The van der Waals surface area contributed by atoms with Crippen LogP contribution < -0.4 is 0 Å². The third-order valence-electron chi connectivity index (χ3n) is 7.83. The van der Waals surface area contributed by atoms with Crippen LogP contribution in [-0.4, -0.2) is 5.78 Å². The van der Waals surface area contributed by atoms with E-state index in [-0.39, 0.29) is 17.1 Å². The van der Waals surface area contributed by atoms with Crippen molar-refractivity contribution in [2.75, 3.05) is 0 Å². The Kier molecular flexibility index (Phi) is 3.52. The summed E-state index contributed by atoms with van der Waals surface area (Å²) in [6.45, 7) is 4.39. The van der Waals surface area contributed by atoms with Crippen molar-refractivity contribution in [3.8, 4) is 6.07 Å². The summed E-state index contributed by atoms with van der Waals surface area (Å²) in [7, 11) is 0. The molecule has 0 heterocycles. The fourth-order valence-corrected chi connectivity index (χ4v) is 6.56. The molecule has 4 aliphatic carbocycles. The van der Waals surface area contributed by atoms with Crippen LogP contribution in [0.2, 0.25) is 0 Å². The van der Waals surface area contributed by atoms with E-state index in [1.165, 1.54) is 31.3 Å². The molecule has 0 amide bonds. The van der Waals surface area contributed by atoms with Crippen molar-refractivity contribution in [2.45, 2.75) is 58.8 Å². The van der Waals surface area contributed by atoms with Crippen molar-refractivity contribution in [1.82, 2.24) is 0 Å². The molecule has 0 radical (unpaired) electrons. The van der Waals surface area contributed by atoms with E-state index in [2.05, 4.69) is 13.0 Å². The highest BCUT2D eigenvalue weighted by Crippen LogP contribution is 2.63. The maximum Gasteiger partial charge on any atom is 0.181 e. The Morgan fingerprint density at radius 1 is 1.26 bits per heavy atom. The molecule has 0 aromatic rings. The summed E-state index contributed by atoms with van der Waals surface area (Å²) in [5, 5.41) is 9.55. The zero-order chi connectivity index (χ0) is 16.2. The molecule has 2 heteroatoms. The van der Waals surface area contributed by atoms with Crippen LogP contribution in [0.4, 0.5) is 0 Å². The summed E-state index contributed by atoms with van der Waals surface area (Å²) in [4.78, 5) is 12.2. The lowest BCUT2D eigenvalue weighted by Crippen LogP contribution is -2.46. The van der Waals surface area contributed by atoms with Crippen LogP contribution >= 0.6 is 0 Å². The molecule has 4 rings (SSSR count). The van der Waals surface area contributed by atoms with Crippen LogP contribution in [0, 0.1) is 46.3 Å². The lowest BCUT2D eigenvalue weighted by atomic mass is 9.51. The molecule has 4 aliphatic rings. The zero-order valence-corrected chi connectivity index (χ0v) is 14.3. The third kappa shape index (κ3) is 2.09. The minimum absolute atomic E-state index is 0.253. The summed E-state index contributed by atoms with van der Waals surface area (Å²) >= 11 is 0. The second-order valence-corrected chi connectivity index (χ2v) is 8.48. The highest BCUT2D eigenvalue weighted by Gasteiger charge is 2.56. The topological polar surface area (TPSA) is 40.9 Å². The van der Waals surface area contributed by atoms with E-state index in [1.54, 1.807) is 0 Å². The number of nitriles is 1. The number of hydrogen-bond acceptors (Lipinski definition) is 2. The van der Waals surface area contributed by atoms with Crippen LogP contribution in [0.15, 0.2) is 23.3 Å². The number of nitrogens with zero attached hydrogens (tertiary/aromatic N) is 1. The Hall–Kier alpha value is -1.36. The van der Waals surface area contributed by atoms with Gasteiger partial charge in [-0.2, -0.15) is 5.26 Å². The van der Waals surface area contributed by atoms with Gasteiger partial charge in [0.15, 0.2) is 5.78 Å². The molecule has 0 bridgehead atoms. The molecule has 0 aliphatic heterocycles. The summed E-state index contributed by atoms with van der Waals surface area (Å²) < 4.78 is 0. The van der Waals surface area contributed by atoms with E-state index in [9.17, 15) is 10.1 Å². The molecule has 3 saturated carbocycles. The smallest absolute Gasteiger partial charge is 0.181 e. The predicted octanol–water partition coefficient (Wildman–Crippen LogP) is 4.82. The number of fused-ring (bicyclic) bond motifs is 5. The maximum absolute atomic E-state index is 12.2. The number of ketones is 1. The fraction of sp³-hybridized carbons (Fsp3) is 0.714. The number of carbonyl (C=O) groups is 1. The average molecular weight is 309 g/mol. The summed E-state index contributed by atoms with van der Waals surface area (Å²) in [5.74, 6) is 3.38. The van der Waals surface area contributed by atoms with Gasteiger partial charge < -0.3 is 0 Å². The molecule has 0 unspecified atom stereocenters. The van der Waals surface area contributed by atoms with Gasteiger partial charge in [0.2, 0.25) is 0 Å². The van der Waals surface area contributed by atoms with Crippen LogP contribution in [0.25, 0.3) is 0 Å². The van der Waals surface area contributed by atoms with Crippen molar-refractivity contribution in [3.05, 3.63) is 23.3 Å². The Balaban J connectivity index is 1.64. The van der Waals surface area contributed by atoms with Crippen LogP contribution in [0.5, 0.6) is 0 Å². The fourth-order valence-electron chi connectivity index (χ4n) is 6.56. The normalized spacial score (nSPS) is 47.3. The molecular formula is C21H27NO. The van der Waals surface area contributed by atoms with Crippen molar-refractivity contribution >= 4 is 5.78 Å². The van der Waals surface area contributed by atoms with Crippen molar-refractivity contribution in [1.29, 1.82) is 5.26 Å². The monoisotopic (exact) mass is 309 g/mol. The van der Waals surface area contributed by atoms with E-state index < -0.39 is 0 Å². The molecule has 3 fully saturated rings. The van der Waals surface area contributed by atoms with E-state index >= 15 is 0 Å². The van der Waals surface area contributed by atoms with E-state index in [1.807, 2.05) is 19.1 Å². The molecule has 0 N–H and O–H groups in total. The van der Waals surface area contributed by atoms with Crippen molar-refractivity contribution < 1.29 is 4.79 Å². The molecule has 122 valence electrons. The van der Waals surface area contributed by atoms with Crippen LogP contribution in [-0.2, 0) is 4.79 Å². The lowest BCUT2D eigenvalue weighted by Gasteiger charge is -2.53. The van der Waals surface area contributed by atoms with Crippen molar-refractivity contribution in [2.24, 2.45) is 35.0 Å². The van der Waals surface area contributed by atoms with Crippen molar-refractivity contribution in [3.63, 3.8) is 0 Å². The average Bonchev–Trinajstić information content (AvgIpc) is 2.90. The molecule has 0 aromatic carbocycles. The highest BCUT2D eigenvalue weighted by atomic mass is 16.1. The summed E-state index contributed by atoms with van der Waals surface area (Å²) in [6.07, 6.45) is 12.1. The molecule has 2 nitrogen and oxygen atoms in total. The van der Waals surface area contributed by atoms with Gasteiger partial charge in [-0.05, 0) is 92.6 Å². The minimum Gasteiger partial charge on any atom is -0.290 e. The molecule has 0 spiro atoms. The first-order valence-corrected chi connectivity index (χ1v) is 9.38. The number of carbonyl (C=O) groups excluding carboxylic acids is 1. The van der Waals surface area contributed by atoms with Gasteiger partial charge in [-0.3, -0.25) is 4.79 Å². The molecule has 0 saturated heterocycles. The Labute approximate surface area is 139 Å². The number of allylic oxidation sites excluding steroid dienone is 3. The largest absolute Gasteiger partial charge is 0.290 e. The van der Waals surface area contributed by atoms with E-state index in [0.29, 0.717) is 5.92 Å². The SMILES string of the molecule is CC=C1C[C@H]2C(=CC1=O)CC[C@@H]1[C@@H]2CC[C@]2(C)[C@@H](C#N)CC[C@@H]12. The van der Waals surface area contributed by atoms with E-state index in [0.717, 1.165) is 42.6 Å². The second-order valence-electron chi connectivity index (χ2n) is 8.48. The molecule has 23 heavy (non-hydrogen) atoms. The van der Waals surface area contributed by atoms with Crippen LogP contribution in [0.3, 0.4) is 0 Å². The van der Waals surface area contributed by atoms with Gasteiger partial charge in [-0.25, -0.2) is 0 Å². The number of rotatable bonds is 0. The predicted molar refractivity (Wildman–Crippen MR) is 90.3 cm³/mol. The molecule has 6 atom stereocenters. The standard InChI is InChI=1S/C21H27NO/c1-3-13-10-18-14(11-20(13)23)4-6-17-16(18)8-9-21(2)15(12-22)5-7-19(17)21/h3,11,15-19H,4-10H2,1-2H3/t15-,16+,17-,18+,19+,21-/m1/s1. The lowest BCUT2D eigenvalue weighted by molar-refractivity contribution is -0.112. The quantitative estimate of drug-likeness (QED) is 0.602. The van der Waals surface area contributed by atoms with Gasteiger partial charge >= 0.3 is 0 Å². The Bertz CT molecular complexity index is 637. The van der Waals surface area contributed by atoms with Gasteiger partial charge in [0.05, 0.1) is 12.0 Å². The minimum atomic E-state index is 0.253. The van der Waals surface area contributed by atoms with Gasteiger partial charge in [-0.1, -0.05) is 18.6 Å². The Morgan fingerprint density at radius 2 is 2.09 bits per heavy atom. The van der Waals surface area contributed by atoms with Gasteiger partial charge in [0, 0.05) is 0 Å². The molecule has 0 aromatic heterocycles. The second kappa shape index (κ2) is 5.33.